The molecule has 0 bridgehead atoms. The van der Waals surface area contributed by atoms with Gasteiger partial charge >= 0.3 is 21.1 Å². The van der Waals surface area contributed by atoms with Crippen molar-refractivity contribution >= 4 is 37.1 Å². The van der Waals surface area contributed by atoms with E-state index in [0.29, 0.717) is 0 Å². The summed E-state index contributed by atoms with van der Waals surface area (Å²) in [4.78, 5) is 0. The van der Waals surface area contributed by atoms with Crippen LogP contribution in [0.15, 0.2) is 121 Å². The summed E-state index contributed by atoms with van der Waals surface area (Å²) in [6, 6.07) is 43.0. The summed E-state index contributed by atoms with van der Waals surface area (Å²) in [7, 11) is -1.09. The largest absolute Gasteiger partial charge is 2.00 e. The molecule has 4 aromatic rings. The number of hydrogen-bond donors (Lipinski definition) is 0. The standard InChI is InChI=1S/2C13H13P.2CH3.Pt/c2*1-14(12-8-4-2-5-9-12)13-10-6-3-7-11-13;;;/h2*2-11H,1H3;2*1H3;/q;;2*-1;+2/p+2. The van der Waals surface area contributed by atoms with Gasteiger partial charge in [0.05, 0.1) is 50.4 Å². The molecule has 0 nitrogen and oxygen atoms in total. The van der Waals surface area contributed by atoms with Crippen molar-refractivity contribution in [1.29, 1.82) is 0 Å². The van der Waals surface area contributed by atoms with Gasteiger partial charge in [0, 0.05) is 0 Å². The molecule has 0 unspecified atom stereocenters. The molecule has 0 saturated carbocycles. The van der Waals surface area contributed by atoms with E-state index in [1.54, 1.807) is 0 Å². The molecule has 0 heterocycles. The molecule has 0 aliphatic carbocycles. The summed E-state index contributed by atoms with van der Waals surface area (Å²) in [5, 5.41) is 5.90. The second-order valence-electron chi connectivity index (χ2n) is 6.71. The molecule has 0 spiro atoms. The van der Waals surface area contributed by atoms with Crippen LogP contribution in [0.5, 0.6) is 0 Å². The normalized spacial score (nSPS) is 9.42. The van der Waals surface area contributed by atoms with Crippen molar-refractivity contribution in [3.05, 3.63) is 136 Å². The van der Waals surface area contributed by atoms with E-state index in [0.717, 1.165) is 0 Å². The van der Waals surface area contributed by atoms with Crippen LogP contribution in [0.3, 0.4) is 0 Å². The van der Waals surface area contributed by atoms with Crippen molar-refractivity contribution in [2.24, 2.45) is 0 Å². The molecule has 0 fully saturated rings. The Morgan fingerprint density at radius 1 is 0.355 bits per heavy atom. The van der Waals surface area contributed by atoms with E-state index in [4.69, 9.17) is 0 Å². The van der Waals surface area contributed by atoms with Crippen LogP contribution in [-0.2, 0) is 21.1 Å². The Bertz CT molecular complexity index is 770. The molecular formula is C28H34P2Pt+2. The van der Waals surface area contributed by atoms with Crippen molar-refractivity contribution in [2.75, 3.05) is 13.3 Å². The van der Waals surface area contributed by atoms with Gasteiger partial charge in [-0.2, -0.15) is 0 Å². The van der Waals surface area contributed by atoms with E-state index >= 15 is 0 Å². The van der Waals surface area contributed by atoms with Crippen molar-refractivity contribution in [3.8, 4) is 0 Å². The molecule has 0 aromatic heterocycles. The minimum Gasteiger partial charge on any atom is -0.358 e. The molecule has 4 rings (SSSR count). The van der Waals surface area contributed by atoms with Crippen molar-refractivity contribution in [3.63, 3.8) is 0 Å². The Labute approximate surface area is 206 Å². The SMILES string of the molecule is C[PH+](c1ccccc1)c1ccccc1.C[PH+](c1ccccc1)c1ccccc1.[CH3-].[CH3-].[Pt+2]. The monoisotopic (exact) mass is 627 g/mol. The fraction of sp³-hybridized carbons (Fsp3) is 0.0714. The maximum absolute atomic E-state index is 2.34. The third-order valence-corrected chi connectivity index (χ3v) is 9.62. The Morgan fingerprint density at radius 2 is 0.516 bits per heavy atom. The van der Waals surface area contributed by atoms with Gasteiger partial charge in [-0.05, 0) is 48.5 Å². The molecule has 0 saturated heterocycles. The van der Waals surface area contributed by atoms with Gasteiger partial charge in [-0.1, -0.05) is 72.8 Å². The number of rotatable bonds is 4. The fourth-order valence-corrected chi connectivity index (χ4v) is 6.52. The Balaban J connectivity index is 0.000000529. The zero-order valence-electron chi connectivity index (χ0n) is 18.9. The summed E-state index contributed by atoms with van der Waals surface area (Å²) >= 11 is 0. The van der Waals surface area contributed by atoms with Crippen LogP contribution in [0.1, 0.15) is 0 Å². The number of hydrogen-bond acceptors (Lipinski definition) is 0. The van der Waals surface area contributed by atoms with E-state index in [1.165, 1.54) is 21.2 Å². The van der Waals surface area contributed by atoms with Crippen LogP contribution >= 0.6 is 15.8 Å². The van der Waals surface area contributed by atoms with E-state index in [2.05, 4.69) is 135 Å². The molecule has 31 heavy (non-hydrogen) atoms. The Morgan fingerprint density at radius 3 is 0.677 bits per heavy atom. The third-order valence-electron chi connectivity index (χ3n) is 4.83. The van der Waals surface area contributed by atoms with Gasteiger partial charge in [-0.3, -0.25) is 0 Å². The first-order valence-electron chi connectivity index (χ1n) is 9.64. The summed E-state index contributed by atoms with van der Waals surface area (Å²) in [6.45, 7) is 4.69. The molecule has 0 aliphatic rings. The molecule has 0 aliphatic heterocycles. The maximum Gasteiger partial charge on any atom is 2.00 e. The van der Waals surface area contributed by atoms with Gasteiger partial charge < -0.3 is 14.9 Å². The molecule has 0 radical (unpaired) electrons. The Kier molecular flexibility index (Phi) is 15.3. The van der Waals surface area contributed by atoms with Gasteiger partial charge in [0.2, 0.25) is 0 Å². The van der Waals surface area contributed by atoms with Gasteiger partial charge in [0.15, 0.2) is 0 Å². The second kappa shape index (κ2) is 16.1. The summed E-state index contributed by atoms with van der Waals surface area (Å²) in [5.74, 6) is 0. The van der Waals surface area contributed by atoms with Crippen LogP contribution in [0.25, 0.3) is 0 Å². The quantitative estimate of drug-likeness (QED) is 0.197. The zero-order chi connectivity index (χ0) is 19.6. The first-order chi connectivity index (χ1) is 13.8. The minimum absolute atomic E-state index is 0. The van der Waals surface area contributed by atoms with E-state index in [-0.39, 0.29) is 35.9 Å². The first-order valence-corrected chi connectivity index (χ1v) is 13.6. The van der Waals surface area contributed by atoms with Gasteiger partial charge in [0.1, 0.15) is 0 Å². The maximum atomic E-state index is 2.34. The predicted octanol–water partition coefficient (Wildman–Crippen LogP) is 5.86. The van der Waals surface area contributed by atoms with E-state index in [1.807, 2.05) is 0 Å². The molecule has 0 atom stereocenters. The first kappa shape index (κ1) is 29.4. The topological polar surface area (TPSA) is 0 Å². The molecule has 3 heteroatoms. The number of benzene rings is 4. The fourth-order valence-electron chi connectivity index (χ4n) is 3.09. The van der Waals surface area contributed by atoms with Crippen LogP contribution in [0.4, 0.5) is 0 Å². The van der Waals surface area contributed by atoms with Crippen molar-refractivity contribution in [1.82, 2.24) is 0 Å². The molecular weight excluding hydrogens is 593 g/mol. The summed E-state index contributed by atoms with van der Waals surface area (Å²) in [6.07, 6.45) is 0. The Hall–Kier alpha value is -1.57. The third kappa shape index (κ3) is 9.21. The van der Waals surface area contributed by atoms with Crippen LogP contribution in [0, 0.1) is 14.9 Å². The molecule has 4 aromatic carbocycles. The van der Waals surface area contributed by atoms with E-state index < -0.39 is 15.8 Å². The van der Waals surface area contributed by atoms with Crippen LogP contribution in [0.2, 0.25) is 0 Å². The predicted molar refractivity (Wildman–Crippen MR) is 146 cm³/mol. The van der Waals surface area contributed by atoms with Crippen LogP contribution < -0.4 is 21.2 Å². The van der Waals surface area contributed by atoms with Gasteiger partial charge in [-0.15, -0.1) is 0 Å². The van der Waals surface area contributed by atoms with Gasteiger partial charge in [0.25, 0.3) is 0 Å². The molecule has 0 amide bonds. The molecule has 0 N–H and O–H groups in total. The van der Waals surface area contributed by atoms with Crippen LogP contribution in [-0.4, -0.2) is 13.3 Å². The summed E-state index contributed by atoms with van der Waals surface area (Å²) in [5.41, 5.74) is 0. The van der Waals surface area contributed by atoms with Crippen molar-refractivity contribution < 1.29 is 21.1 Å². The van der Waals surface area contributed by atoms with Gasteiger partial charge in [-0.25, -0.2) is 0 Å². The van der Waals surface area contributed by atoms with Crippen molar-refractivity contribution in [2.45, 2.75) is 0 Å². The second-order valence-corrected chi connectivity index (χ2v) is 11.5. The smallest absolute Gasteiger partial charge is 0.358 e. The molecule has 164 valence electrons. The minimum atomic E-state index is -0.545. The van der Waals surface area contributed by atoms with E-state index in [9.17, 15) is 0 Å². The summed E-state index contributed by atoms with van der Waals surface area (Å²) < 4.78 is 0. The zero-order valence-corrected chi connectivity index (χ0v) is 23.1. The average molecular weight is 628 g/mol. The average Bonchev–Trinajstić information content (AvgIpc) is 2.81.